The smallest absolute Gasteiger partial charge is 0.387 e. The summed E-state index contributed by atoms with van der Waals surface area (Å²) in [5, 5.41) is 0. The van der Waals surface area contributed by atoms with Crippen molar-refractivity contribution >= 4 is 0 Å². The number of halogens is 2. The fourth-order valence-corrected chi connectivity index (χ4v) is 2.70. The van der Waals surface area contributed by atoms with Gasteiger partial charge in [0.2, 0.25) is 0 Å². The highest BCUT2D eigenvalue weighted by atomic mass is 19.3. The molecule has 1 aliphatic rings. The Morgan fingerprint density at radius 1 is 1.35 bits per heavy atom. The van der Waals surface area contributed by atoms with Gasteiger partial charge in [0.25, 0.3) is 0 Å². The van der Waals surface area contributed by atoms with Gasteiger partial charge in [0.1, 0.15) is 0 Å². The molecule has 0 spiro atoms. The SMILES string of the molecule is COc1cc(CN2CCOC(CN(C)C)C2)ccc1OC(F)F. The summed E-state index contributed by atoms with van der Waals surface area (Å²) in [7, 11) is 5.49. The molecule has 0 aromatic heterocycles. The minimum atomic E-state index is -2.86. The zero-order valence-corrected chi connectivity index (χ0v) is 13.8. The van der Waals surface area contributed by atoms with Crippen LogP contribution in [0.25, 0.3) is 0 Å². The van der Waals surface area contributed by atoms with Crippen LogP contribution in [0.1, 0.15) is 5.56 Å². The number of hydrogen-bond acceptors (Lipinski definition) is 5. The van der Waals surface area contributed by atoms with Crippen molar-refractivity contribution in [3.8, 4) is 11.5 Å². The summed E-state index contributed by atoms with van der Waals surface area (Å²) in [5.74, 6) is 0.375. The van der Waals surface area contributed by atoms with Gasteiger partial charge in [-0.1, -0.05) is 6.07 Å². The van der Waals surface area contributed by atoms with E-state index in [-0.39, 0.29) is 11.9 Å². The topological polar surface area (TPSA) is 34.2 Å². The van der Waals surface area contributed by atoms with Crippen LogP contribution in [0.4, 0.5) is 8.78 Å². The fourth-order valence-electron chi connectivity index (χ4n) is 2.70. The largest absolute Gasteiger partial charge is 0.493 e. The van der Waals surface area contributed by atoms with E-state index >= 15 is 0 Å². The van der Waals surface area contributed by atoms with E-state index < -0.39 is 6.61 Å². The first-order chi connectivity index (χ1) is 11.0. The molecule has 5 nitrogen and oxygen atoms in total. The molecule has 1 aromatic rings. The zero-order valence-electron chi connectivity index (χ0n) is 13.8. The number of methoxy groups -OCH3 is 1. The standard InChI is InChI=1S/C16H24F2N2O3/c1-19(2)10-13-11-20(6-7-22-13)9-12-4-5-14(23-16(17)18)15(8-12)21-3/h4-5,8,13,16H,6-7,9-11H2,1-3H3. The van der Waals surface area contributed by atoms with E-state index in [1.165, 1.54) is 13.2 Å². The van der Waals surface area contributed by atoms with Crippen molar-refractivity contribution in [2.75, 3.05) is 47.4 Å². The molecule has 1 aromatic carbocycles. The first-order valence-corrected chi connectivity index (χ1v) is 7.58. The molecule has 1 fully saturated rings. The Morgan fingerprint density at radius 3 is 2.78 bits per heavy atom. The van der Waals surface area contributed by atoms with E-state index in [4.69, 9.17) is 9.47 Å². The molecule has 23 heavy (non-hydrogen) atoms. The normalized spacial score (nSPS) is 19.3. The summed E-state index contributed by atoms with van der Waals surface area (Å²) in [5.41, 5.74) is 0.994. The third kappa shape index (κ3) is 5.60. The van der Waals surface area contributed by atoms with Crippen LogP contribution in [0.15, 0.2) is 18.2 Å². The second-order valence-corrected chi connectivity index (χ2v) is 5.85. The van der Waals surface area contributed by atoms with Gasteiger partial charge < -0.3 is 19.1 Å². The van der Waals surface area contributed by atoms with Crippen LogP contribution < -0.4 is 9.47 Å². The van der Waals surface area contributed by atoms with Gasteiger partial charge >= 0.3 is 6.61 Å². The van der Waals surface area contributed by atoms with Gasteiger partial charge in [0.05, 0.1) is 19.8 Å². The van der Waals surface area contributed by atoms with Crippen LogP contribution in [0, 0.1) is 0 Å². The lowest BCUT2D eigenvalue weighted by atomic mass is 10.1. The van der Waals surface area contributed by atoms with Crippen LogP contribution in [0.2, 0.25) is 0 Å². The highest BCUT2D eigenvalue weighted by Gasteiger charge is 2.21. The third-order valence-corrected chi connectivity index (χ3v) is 3.64. The lowest BCUT2D eigenvalue weighted by Crippen LogP contribution is -2.45. The second kappa shape index (κ2) is 8.42. The van der Waals surface area contributed by atoms with E-state index in [0.717, 1.165) is 31.7 Å². The Balaban J connectivity index is 1.99. The predicted molar refractivity (Wildman–Crippen MR) is 83.2 cm³/mol. The fraction of sp³-hybridized carbons (Fsp3) is 0.625. The van der Waals surface area contributed by atoms with Gasteiger partial charge in [0, 0.05) is 26.2 Å². The summed E-state index contributed by atoms with van der Waals surface area (Å²) < 4.78 is 40.0. The molecule has 1 heterocycles. The molecule has 0 saturated carbocycles. The van der Waals surface area contributed by atoms with E-state index in [1.807, 2.05) is 14.1 Å². The molecule has 0 amide bonds. The average Bonchev–Trinajstić information content (AvgIpc) is 2.48. The first kappa shape index (κ1) is 17.9. The Kier molecular flexibility index (Phi) is 6.56. The summed E-state index contributed by atoms with van der Waals surface area (Å²) in [4.78, 5) is 4.40. The van der Waals surface area contributed by atoms with Gasteiger partial charge in [-0.05, 0) is 31.8 Å². The summed E-state index contributed by atoms with van der Waals surface area (Å²) in [6, 6.07) is 5.06. The van der Waals surface area contributed by atoms with Gasteiger partial charge in [0.15, 0.2) is 11.5 Å². The molecule has 0 bridgehead atoms. The van der Waals surface area contributed by atoms with Gasteiger partial charge in [-0.25, -0.2) is 0 Å². The second-order valence-electron chi connectivity index (χ2n) is 5.85. The highest BCUT2D eigenvalue weighted by molar-refractivity contribution is 5.43. The minimum absolute atomic E-state index is 0.0544. The maximum atomic E-state index is 12.4. The number of hydrogen-bond donors (Lipinski definition) is 0. The highest BCUT2D eigenvalue weighted by Crippen LogP contribution is 2.30. The van der Waals surface area contributed by atoms with E-state index in [1.54, 1.807) is 12.1 Å². The number of likely N-dealkylation sites (N-methyl/N-ethyl adjacent to an activating group) is 1. The van der Waals surface area contributed by atoms with Crippen molar-refractivity contribution in [2.45, 2.75) is 19.3 Å². The van der Waals surface area contributed by atoms with Crippen LogP contribution in [-0.2, 0) is 11.3 Å². The Morgan fingerprint density at radius 2 is 2.13 bits per heavy atom. The Hall–Kier alpha value is -1.44. The number of nitrogens with zero attached hydrogens (tertiary/aromatic N) is 2. The van der Waals surface area contributed by atoms with Crippen molar-refractivity contribution in [1.29, 1.82) is 0 Å². The number of ether oxygens (including phenoxy) is 3. The molecule has 1 unspecified atom stereocenters. The molecule has 0 N–H and O–H groups in total. The lowest BCUT2D eigenvalue weighted by Gasteiger charge is -2.34. The molecule has 1 saturated heterocycles. The van der Waals surface area contributed by atoms with Crippen molar-refractivity contribution in [3.05, 3.63) is 23.8 Å². The number of alkyl halides is 2. The number of morpholine rings is 1. The molecule has 0 aliphatic carbocycles. The van der Waals surface area contributed by atoms with Crippen molar-refractivity contribution < 1.29 is 23.0 Å². The van der Waals surface area contributed by atoms with Crippen LogP contribution in [-0.4, -0.2) is 70.0 Å². The molecular weight excluding hydrogens is 306 g/mol. The van der Waals surface area contributed by atoms with Crippen molar-refractivity contribution in [3.63, 3.8) is 0 Å². The van der Waals surface area contributed by atoms with E-state index in [2.05, 4.69) is 14.5 Å². The monoisotopic (exact) mass is 330 g/mol. The number of benzene rings is 1. The predicted octanol–water partition coefficient (Wildman–Crippen LogP) is 2.06. The minimum Gasteiger partial charge on any atom is -0.493 e. The average molecular weight is 330 g/mol. The van der Waals surface area contributed by atoms with Gasteiger partial charge in [-0.3, -0.25) is 4.90 Å². The molecule has 7 heteroatoms. The molecule has 2 rings (SSSR count). The van der Waals surface area contributed by atoms with Crippen LogP contribution in [0.3, 0.4) is 0 Å². The first-order valence-electron chi connectivity index (χ1n) is 7.58. The number of rotatable bonds is 7. The summed E-state index contributed by atoms with van der Waals surface area (Å²) in [6.45, 7) is 1.12. The van der Waals surface area contributed by atoms with Gasteiger partial charge in [-0.15, -0.1) is 0 Å². The quantitative estimate of drug-likeness (QED) is 0.764. The molecule has 130 valence electrons. The molecule has 1 atom stereocenters. The maximum Gasteiger partial charge on any atom is 0.387 e. The van der Waals surface area contributed by atoms with Crippen molar-refractivity contribution in [1.82, 2.24) is 9.80 Å². The molecule has 0 radical (unpaired) electrons. The molecule has 1 aliphatic heterocycles. The summed E-state index contributed by atoms with van der Waals surface area (Å²) >= 11 is 0. The Bertz CT molecular complexity index is 500. The zero-order chi connectivity index (χ0) is 16.8. The molecular formula is C16H24F2N2O3. The van der Waals surface area contributed by atoms with Crippen LogP contribution in [0.5, 0.6) is 11.5 Å². The Labute approximate surface area is 135 Å². The van der Waals surface area contributed by atoms with E-state index in [9.17, 15) is 8.78 Å². The summed E-state index contributed by atoms with van der Waals surface area (Å²) in [6.07, 6.45) is 0.182. The van der Waals surface area contributed by atoms with E-state index in [0.29, 0.717) is 12.4 Å². The maximum absolute atomic E-state index is 12.4. The van der Waals surface area contributed by atoms with Crippen LogP contribution >= 0.6 is 0 Å². The third-order valence-electron chi connectivity index (χ3n) is 3.64. The van der Waals surface area contributed by atoms with Gasteiger partial charge in [-0.2, -0.15) is 8.78 Å². The lowest BCUT2D eigenvalue weighted by molar-refractivity contribution is -0.0513. The van der Waals surface area contributed by atoms with Crippen molar-refractivity contribution in [2.24, 2.45) is 0 Å².